The molecule has 0 bridgehead atoms. The highest BCUT2D eigenvalue weighted by Gasteiger charge is 2.53. The van der Waals surface area contributed by atoms with Crippen LogP contribution in [0.1, 0.15) is 26.7 Å². The van der Waals surface area contributed by atoms with Crippen LogP contribution in [0.4, 0.5) is 4.39 Å². The largest absolute Gasteiger partial charge is 0.330 e. The third kappa shape index (κ3) is 0.960. The summed E-state index contributed by atoms with van der Waals surface area (Å²) in [6.45, 7) is 3.73. The van der Waals surface area contributed by atoms with E-state index in [0.29, 0.717) is 6.54 Å². The number of halogens is 1. The molecule has 0 aromatic heterocycles. The molecule has 1 rings (SSSR count). The van der Waals surface area contributed by atoms with Gasteiger partial charge in [-0.1, -0.05) is 0 Å². The zero-order valence-electron chi connectivity index (χ0n) is 6.08. The van der Waals surface area contributed by atoms with E-state index in [-0.39, 0.29) is 5.41 Å². The monoisotopic (exact) mass is 131 g/mol. The van der Waals surface area contributed by atoms with Gasteiger partial charge >= 0.3 is 0 Å². The first-order valence-corrected chi connectivity index (χ1v) is 3.41. The van der Waals surface area contributed by atoms with Crippen molar-refractivity contribution < 1.29 is 4.39 Å². The van der Waals surface area contributed by atoms with Crippen LogP contribution in [0.5, 0.6) is 0 Å². The van der Waals surface area contributed by atoms with Crippen molar-refractivity contribution in [2.45, 2.75) is 32.4 Å². The highest BCUT2D eigenvalue weighted by Crippen LogP contribution is 2.54. The van der Waals surface area contributed by atoms with Gasteiger partial charge in [0.2, 0.25) is 0 Å². The highest BCUT2D eigenvalue weighted by molar-refractivity contribution is 5.04. The average Bonchev–Trinajstić information content (AvgIpc) is 2.40. The molecule has 54 valence electrons. The predicted octanol–water partition coefficient (Wildman–Crippen LogP) is 1.47. The molecule has 0 aromatic carbocycles. The second kappa shape index (κ2) is 1.69. The van der Waals surface area contributed by atoms with Crippen LogP contribution < -0.4 is 5.73 Å². The molecule has 1 aliphatic rings. The Kier molecular flexibility index (Phi) is 1.31. The first-order chi connectivity index (χ1) is 4.02. The van der Waals surface area contributed by atoms with Crippen molar-refractivity contribution in [3.05, 3.63) is 0 Å². The van der Waals surface area contributed by atoms with Crippen molar-refractivity contribution in [2.75, 3.05) is 6.54 Å². The lowest BCUT2D eigenvalue weighted by atomic mass is 9.90. The van der Waals surface area contributed by atoms with Crippen LogP contribution in [0.2, 0.25) is 0 Å². The van der Waals surface area contributed by atoms with E-state index >= 15 is 0 Å². The standard InChI is InChI=1S/C7H14FN/c1-6(2,8)7(5-9)3-4-7/h3-5,9H2,1-2H3. The second-order valence-electron chi connectivity index (χ2n) is 3.46. The summed E-state index contributed by atoms with van der Waals surface area (Å²) in [7, 11) is 0. The average molecular weight is 131 g/mol. The van der Waals surface area contributed by atoms with Crippen LogP contribution >= 0.6 is 0 Å². The maximum absolute atomic E-state index is 13.1. The predicted molar refractivity (Wildman–Crippen MR) is 35.9 cm³/mol. The van der Waals surface area contributed by atoms with Gasteiger partial charge in [-0.25, -0.2) is 4.39 Å². The quantitative estimate of drug-likeness (QED) is 0.603. The summed E-state index contributed by atoms with van der Waals surface area (Å²) < 4.78 is 13.1. The fourth-order valence-corrected chi connectivity index (χ4v) is 1.19. The minimum atomic E-state index is -1.07. The van der Waals surface area contributed by atoms with Crippen LogP contribution in [-0.2, 0) is 0 Å². The molecule has 0 unspecified atom stereocenters. The van der Waals surface area contributed by atoms with Crippen LogP contribution in [0.25, 0.3) is 0 Å². The maximum Gasteiger partial charge on any atom is 0.112 e. The normalized spacial score (nSPS) is 24.0. The lowest BCUT2D eigenvalue weighted by molar-refractivity contribution is 0.111. The van der Waals surface area contributed by atoms with Gasteiger partial charge < -0.3 is 5.73 Å². The Bertz CT molecular complexity index is 111. The van der Waals surface area contributed by atoms with Gasteiger partial charge in [0, 0.05) is 12.0 Å². The summed E-state index contributed by atoms with van der Waals surface area (Å²) >= 11 is 0. The highest BCUT2D eigenvalue weighted by atomic mass is 19.1. The SMILES string of the molecule is CC(C)(F)C1(CN)CC1. The number of hydrogen-bond donors (Lipinski definition) is 1. The molecule has 1 nitrogen and oxygen atoms in total. The zero-order chi connectivity index (χ0) is 7.12. The first-order valence-electron chi connectivity index (χ1n) is 3.41. The zero-order valence-corrected chi connectivity index (χ0v) is 6.08. The first kappa shape index (κ1) is 7.00. The van der Waals surface area contributed by atoms with E-state index in [1.54, 1.807) is 13.8 Å². The Hall–Kier alpha value is -0.110. The molecule has 9 heavy (non-hydrogen) atoms. The second-order valence-corrected chi connectivity index (χ2v) is 3.46. The van der Waals surface area contributed by atoms with Gasteiger partial charge in [0.15, 0.2) is 0 Å². The summed E-state index contributed by atoms with van der Waals surface area (Å²) in [4.78, 5) is 0. The molecule has 1 saturated carbocycles. The molecular formula is C7H14FN. The summed E-state index contributed by atoms with van der Waals surface area (Å²) in [5, 5.41) is 0. The molecule has 0 amide bonds. The Balaban J connectivity index is 2.60. The third-order valence-corrected chi connectivity index (χ3v) is 2.51. The number of rotatable bonds is 2. The third-order valence-electron chi connectivity index (χ3n) is 2.51. The summed E-state index contributed by atoms with van der Waals surface area (Å²) in [5.74, 6) is 0. The molecule has 2 heteroatoms. The topological polar surface area (TPSA) is 26.0 Å². The molecular weight excluding hydrogens is 117 g/mol. The van der Waals surface area contributed by atoms with Crippen LogP contribution in [0, 0.1) is 5.41 Å². The van der Waals surface area contributed by atoms with E-state index in [0.717, 1.165) is 12.8 Å². The Labute approximate surface area is 55.4 Å². The van der Waals surface area contributed by atoms with Crippen molar-refractivity contribution in [1.82, 2.24) is 0 Å². The van der Waals surface area contributed by atoms with E-state index in [1.807, 2.05) is 0 Å². The van der Waals surface area contributed by atoms with Gasteiger partial charge in [0.05, 0.1) is 0 Å². The molecule has 0 aliphatic heterocycles. The Morgan fingerprint density at radius 1 is 1.56 bits per heavy atom. The minimum Gasteiger partial charge on any atom is -0.330 e. The minimum absolute atomic E-state index is 0.160. The lowest BCUT2D eigenvalue weighted by Crippen LogP contribution is -2.34. The van der Waals surface area contributed by atoms with Gasteiger partial charge in [-0.2, -0.15) is 0 Å². The smallest absolute Gasteiger partial charge is 0.112 e. The Morgan fingerprint density at radius 3 is 2.00 bits per heavy atom. The number of hydrogen-bond acceptors (Lipinski definition) is 1. The van der Waals surface area contributed by atoms with Crippen LogP contribution in [0.15, 0.2) is 0 Å². The van der Waals surface area contributed by atoms with Crippen LogP contribution in [0.3, 0.4) is 0 Å². The van der Waals surface area contributed by atoms with Gasteiger partial charge in [0.25, 0.3) is 0 Å². The Morgan fingerprint density at radius 2 is 2.00 bits per heavy atom. The van der Waals surface area contributed by atoms with Crippen molar-refractivity contribution in [1.29, 1.82) is 0 Å². The van der Waals surface area contributed by atoms with Crippen molar-refractivity contribution in [3.8, 4) is 0 Å². The molecule has 0 atom stereocenters. The van der Waals surface area contributed by atoms with E-state index in [2.05, 4.69) is 0 Å². The van der Waals surface area contributed by atoms with E-state index < -0.39 is 5.67 Å². The van der Waals surface area contributed by atoms with E-state index in [4.69, 9.17) is 5.73 Å². The molecule has 2 N–H and O–H groups in total. The molecule has 0 aromatic rings. The van der Waals surface area contributed by atoms with Crippen molar-refractivity contribution >= 4 is 0 Å². The number of nitrogens with two attached hydrogens (primary N) is 1. The van der Waals surface area contributed by atoms with E-state index in [9.17, 15) is 4.39 Å². The molecule has 0 radical (unpaired) electrons. The molecule has 0 heterocycles. The molecule has 1 aliphatic carbocycles. The maximum atomic E-state index is 13.1. The van der Waals surface area contributed by atoms with Crippen molar-refractivity contribution in [2.24, 2.45) is 11.1 Å². The molecule has 1 fully saturated rings. The van der Waals surface area contributed by atoms with Gasteiger partial charge in [-0.05, 0) is 26.7 Å². The van der Waals surface area contributed by atoms with Gasteiger partial charge in [-0.15, -0.1) is 0 Å². The van der Waals surface area contributed by atoms with Crippen LogP contribution in [-0.4, -0.2) is 12.2 Å². The van der Waals surface area contributed by atoms with Gasteiger partial charge in [0.1, 0.15) is 5.67 Å². The summed E-state index contributed by atoms with van der Waals surface area (Å²) in [6.07, 6.45) is 1.93. The molecule has 0 spiro atoms. The van der Waals surface area contributed by atoms with Gasteiger partial charge in [-0.3, -0.25) is 0 Å². The fraction of sp³-hybridized carbons (Fsp3) is 1.00. The summed E-state index contributed by atoms with van der Waals surface area (Å²) in [6, 6.07) is 0. The van der Waals surface area contributed by atoms with Crippen molar-refractivity contribution in [3.63, 3.8) is 0 Å². The molecule has 0 saturated heterocycles. The van der Waals surface area contributed by atoms with E-state index in [1.165, 1.54) is 0 Å². The lowest BCUT2D eigenvalue weighted by Gasteiger charge is -2.24. The fourth-order valence-electron chi connectivity index (χ4n) is 1.19. The number of alkyl halides is 1. The summed E-state index contributed by atoms with van der Waals surface area (Å²) in [5.41, 5.74) is 4.19.